The lowest BCUT2D eigenvalue weighted by molar-refractivity contribution is 0.409. The summed E-state index contributed by atoms with van der Waals surface area (Å²) in [6, 6.07) is 7.48. The Hall–Kier alpha value is -0.770. The molecule has 0 aliphatic rings. The zero-order chi connectivity index (χ0) is 13.8. The molecule has 0 bridgehead atoms. The molecule has 1 heterocycles. The molecule has 0 saturated carbocycles. The molecule has 0 fully saturated rings. The number of aromatic nitrogens is 1. The van der Waals surface area contributed by atoms with E-state index in [9.17, 15) is 0 Å². The first-order chi connectivity index (χ1) is 9.11. The number of benzene rings is 1. The molecule has 1 aromatic heterocycles. The summed E-state index contributed by atoms with van der Waals surface area (Å²) >= 11 is 15.8. The third-order valence-corrected chi connectivity index (χ3v) is 4.18. The van der Waals surface area contributed by atoms with Crippen LogP contribution in [0.5, 0.6) is 5.75 Å². The number of hydrogen-bond donors (Lipinski definition) is 0. The number of halogens is 3. The number of pyridine rings is 1. The summed E-state index contributed by atoms with van der Waals surface area (Å²) < 4.78 is 5.36. The second-order valence-corrected chi connectivity index (χ2v) is 5.97. The largest absolute Gasteiger partial charge is 0.496 e. The maximum Gasteiger partial charge on any atom is 0.123 e. The van der Waals surface area contributed by atoms with Gasteiger partial charge >= 0.3 is 0 Å². The Morgan fingerprint density at radius 3 is 2.79 bits per heavy atom. The zero-order valence-electron chi connectivity index (χ0n) is 10.2. The van der Waals surface area contributed by atoms with Crippen LogP contribution in [0, 0.1) is 0 Å². The Morgan fingerprint density at radius 2 is 2.11 bits per heavy atom. The van der Waals surface area contributed by atoms with Crippen LogP contribution in [-0.2, 0) is 6.42 Å². The summed E-state index contributed by atoms with van der Waals surface area (Å²) in [7, 11) is 1.64. The van der Waals surface area contributed by atoms with Gasteiger partial charge < -0.3 is 4.74 Å². The number of hydrogen-bond acceptors (Lipinski definition) is 2. The lowest BCUT2D eigenvalue weighted by Crippen LogP contribution is -1.99. The monoisotopic (exact) mass is 359 g/mol. The molecule has 1 unspecified atom stereocenters. The van der Waals surface area contributed by atoms with E-state index >= 15 is 0 Å². The van der Waals surface area contributed by atoms with Crippen molar-refractivity contribution in [1.82, 2.24) is 4.98 Å². The van der Waals surface area contributed by atoms with Gasteiger partial charge in [-0.25, -0.2) is 0 Å². The SMILES string of the molecule is COc1ccc(Cl)cc1C(Br)Cc1ccncc1Cl. The van der Waals surface area contributed by atoms with Crippen LogP contribution in [0.3, 0.4) is 0 Å². The molecule has 0 aliphatic heterocycles. The fraction of sp³-hybridized carbons (Fsp3) is 0.214. The van der Waals surface area contributed by atoms with Gasteiger partial charge in [-0.1, -0.05) is 39.1 Å². The molecule has 2 rings (SSSR count). The minimum absolute atomic E-state index is 0.0704. The maximum atomic E-state index is 6.12. The Morgan fingerprint density at radius 1 is 1.32 bits per heavy atom. The molecule has 0 saturated heterocycles. The topological polar surface area (TPSA) is 22.1 Å². The van der Waals surface area contributed by atoms with Crippen molar-refractivity contribution in [1.29, 1.82) is 0 Å². The van der Waals surface area contributed by atoms with Gasteiger partial charge in [0.1, 0.15) is 5.75 Å². The van der Waals surface area contributed by atoms with Crippen LogP contribution in [0.2, 0.25) is 10.0 Å². The molecule has 1 aromatic carbocycles. The van der Waals surface area contributed by atoms with Gasteiger partial charge in [0, 0.05) is 27.8 Å². The van der Waals surface area contributed by atoms with E-state index in [4.69, 9.17) is 27.9 Å². The normalized spacial score (nSPS) is 12.2. The first kappa shape index (κ1) is 14.6. The van der Waals surface area contributed by atoms with Crippen LogP contribution in [0.25, 0.3) is 0 Å². The van der Waals surface area contributed by atoms with Crippen molar-refractivity contribution in [2.75, 3.05) is 7.11 Å². The molecule has 0 radical (unpaired) electrons. The minimum atomic E-state index is 0.0704. The molecule has 0 aliphatic carbocycles. The molecule has 0 spiro atoms. The highest BCUT2D eigenvalue weighted by atomic mass is 79.9. The summed E-state index contributed by atoms with van der Waals surface area (Å²) in [6.07, 6.45) is 4.11. The second kappa shape index (κ2) is 6.60. The lowest BCUT2D eigenvalue weighted by Gasteiger charge is -2.15. The van der Waals surface area contributed by atoms with Gasteiger partial charge in [-0.3, -0.25) is 4.98 Å². The third kappa shape index (κ3) is 3.62. The molecule has 0 N–H and O–H groups in total. The van der Waals surface area contributed by atoms with Crippen LogP contribution in [0.1, 0.15) is 16.0 Å². The van der Waals surface area contributed by atoms with E-state index in [0.717, 1.165) is 23.3 Å². The Bertz CT molecular complexity index is 577. The summed E-state index contributed by atoms with van der Waals surface area (Å²) in [5.74, 6) is 0.802. The highest BCUT2D eigenvalue weighted by molar-refractivity contribution is 9.09. The summed E-state index contributed by atoms with van der Waals surface area (Å²) in [5.41, 5.74) is 2.03. The van der Waals surface area contributed by atoms with E-state index < -0.39 is 0 Å². The maximum absolute atomic E-state index is 6.12. The van der Waals surface area contributed by atoms with Gasteiger partial charge in [-0.2, -0.15) is 0 Å². The highest BCUT2D eigenvalue weighted by Gasteiger charge is 2.15. The smallest absolute Gasteiger partial charge is 0.123 e. The zero-order valence-corrected chi connectivity index (χ0v) is 13.3. The van der Waals surface area contributed by atoms with E-state index in [0.29, 0.717) is 10.0 Å². The Balaban J connectivity index is 2.27. The van der Waals surface area contributed by atoms with Crippen molar-refractivity contribution < 1.29 is 4.74 Å². The van der Waals surface area contributed by atoms with Crippen molar-refractivity contribution >= 4 is 39.1 Å². The van der Waals surface area contributed by atoms with Gasteiger partial charge in [0.15, 0.2) is 0 Å². The molecular weight excluding hydrogens is 349 g/mol. The van der Waals surface area contributed by atoms with Crippen molar-refractivity contribution in [2.45, 2.75) is 11.2 Å². The minimum Gasteiger partial charge on any atom is -0.496 e. The Kier molecular flexibility index (Phi) is 5.08. The van der Waals surface area contributed by atoms with Crippen LogP contribution in [-0.4, -0.2) is 12.1 Å². The van der Waals surface area contributed by atoms with E-state index in [2.05, 4.69) is 20.9 Å². The molecule has 0 amide bonds. The quantitative estimate of drug-likeness (QED) is 0.709. The van der Waals surface area contributed by atoms with Crippen LogP contribution >= 0.6 is 39.1 Å². The van der Waals surface area contributed by atoms with Gasteiger partial charge in [0.05, 0.1) is 12.1 Å². The number of rotatable bonds is 4. The van der Waals surface area contributed by atoms with Gasteiger partial charge in [0.2, 0.25) is 0 Å². The summed E-state index contributed by atoms with van der Waals surface area (Å²) in [4.78, 5) is 4.05. The van der Waals surface area contributed by atoms with Crippen LogP contribution in [0.4, 0.5) is 0 Å². The fourth-order valence-corrected chi connectivity index (χ4v) is 2.91. The number of ether oxygens (including phenoxy) is 1. The summed E-state index contributed by atoms with van der Waals surface area (Å²) in [5, 5.41) is 1.34. The number of nitrogens with zero attached hydrogens (tertiary/aromatic N) is 1. The average molecular weight is 361 g/mol. The highest BCUT2D eigenvalue weighted by Crippen LogP contribution is 2.36. The predicted octanol–water partition coefficient (Wildman–Crippen LogP) is 5.08. The third-order valence-electron chi connectivity index (χ3n) is 2.78. The summed E-state index contributed by atoms with van der Waals surface area (Å²) in [6.45, 7) is 0. The molecule has 19 heavy (non-hydrogen) atoms. The van der Waals surface area contributed by atoms with Gasteiger partial charge in [-0.05, 0) is 36.2 Å². The van der Waals surface area contributed by atoms with Crippen LogP contribution < -0.4 is 4.74 Å². The number of methoxy groups -OCH3 is 1. The second-order valence-electron chi connectivity index (χ2n) is 4.03. The number of alkyl halides is 1. The molecule has 2 nitrogen and oxygen atoms in total. The predicted molar refractivity (Wildman–Crippen MR) is 82.6 cm³/mol. The molecule has 5 heteroatoms. The van der Waals surface area contributed by atoms with Crippen molar-refractivity contribution in [3.05, 3.63) is 57.8 Å². The van der Waals surface area contributed by atoms with Gasteiger partial charge in [-0.15, -0.1) is 0 Å². The van der Waals surface area contributed by atoms with E-state index in [1.165, 1.54) is 0 Å². The first-order valence-electron chi connectivity index (χ1n) is 5.67. The lowest BCUT2D eigenvalue weighted by atomic mass is 10.0. The fourth-order valence-electron chi connectivity index (χ4n) is 1.82. The van der Waals surface area contributed by atoms with Gasteiger partial charge in [0.25, 0.3) is 0 Å². The van der Waals surface area contributed by atoms with Crippen molar-refractivity contribution in [3.63, 3.8) is 0 Å². The Labute approximate surface area is 130 Å². The standard InChI is InChI=1S/C14H12BrCl2NO/c1-19-14-3-2-10(16)7-11(14)12(15)6-9-4-5-18-8-13(9)17/h2-5,7-8,12H,6H2,1H3. The van der Waals surface area contributed by atoms with E-state index in [-0.39, 0.29) is 4.83 Å². The van der Waals surface area contributed by atoms with E-state index in [1.54, 1.807) is 19.5 Å². The van der Waals surface area contributed by atoms with E-state index in [1.807, 2.05) is 24.3 Å². The van der Waals surface area contributed by atoms with Crippen molar-refractivity contribution in [2.24, 2.45) is 0 Å². The molecule has 2 aromatic rings. The van der Waals surface area contributed by atoms with Crippen molar-refractivity contribution in [3.8, 4) is 5.75 Å². The molecule has 100 valence electrons. The molecule has 1 atom stereocenters. The average Bonchev–Trinajstić information content (AvgIpc) is 2.41. The first-order valence-corrected chi connectivity index (χ1v) is 7.35. The molecular formula is C14H12BrCl2NO. The van der Waals surface area contributed by atoms with Crippen LogP contribution in [0.15, 0.2) is 36.7 Å².